The number of aliphatic carboxylic acids is 1. The summed E-state index contributed by atoms with van der Waals surface area (Å²) in [6.07, 6.45) is 4.95. The largest absolute Gasteiger partial charge is 0.481 e. The fourth-order valence-corrected chi connectivity index (χ4v) is 2.36. The average molecular weight is 241 g/mol. The number of nitrogens with zero attached hydrogens (tertiary/aromatic N) is 1. The standard InChI is InChI=1S/C13H23NO3/c1-10(2)7-8-14(11-5-3-4-6-11)12(15)9-13(16)17/h10-11H,3-9H2,1-2H3,(H,16,17). The van der Waals surface area contributed by atoms with Crippen LogP contribution >= 0.6 is 0 Å². The van der Waals surface area contributed by atoms with Gasteiger partial charge in [-0.15, -0.1) is 0 Å². The number of carbonyl (C=O) groups is 2. The Balaban J connectivity index is 2.56. The topological polar surface area (TPSA) is 57.6 Å². The average Bonchev–Trinajstić information content (AvgIpc) is 2.69. The number of hydrogen-bond donors (Lipinski definition) is 1. The first-order chi connectivity index (χ1) is 8.00. The quantitative estimate of drug-likeness (QED) is 0.726. The Morgan fingerprint density at radius 2 is 1.88 bits per heavy atom. The first-order valence-electron chi connectivity index (χ1n) is 6.52. The van der Waals surface area contributed by atoms with Gasteiger partial charge in [0.05, 0.1) is 0 Å². The lowest BCUT2D eigenvalue weighted by atomic mass is 10.1. The summed E-state index contributed by atoms with van der Waals surface area (Å²) in [6, 6.07) is 0.278. The van der Waals surface area contributed by atoms with E-state index in [2.05, 4.69) is 13.8 Å². The molecule has 17 heavy (non-hydrogen) atoms. The van der Waals surface area contributed by atoms with Gasteiger partial charge in [0.25, 0.3) is 0 Å². The molecule has 0 spiro atoms. The van der Waals surface area contributed by atoms with E-state index in [0.717, 1.165) is 32.1 Å². The molecular formula is C13H23NO3. The van der Waals surface area contributed by atoms with Gasteiger partial charge in [0.15, 0.2) is 0 Å². The van der Waals surface area contributed by atoms with Crippen LogP contribution in [0.2, 0.25) is 0 Å². The third-order valence-corrected chi connectivity index (χ3v) is 3.34. The zero-order chi connectivity index (χ0) is 12.8. The smallest absolute Gasteiger partial charge is 0.312 e. The van der Waals surface area contributed by atoms with Crippen LogP contribution in [0.4, 0.5) is 0 Å². The molecule has 0 aromatic rings. The lowest BCUT2D eigenvalue weighted by molar-refractivity contribution is -0.145. The fourth-order valence-electron chi connectivity index (χ4n) is 2.36. The Labute approximate surface area is 103 Å². The molecule has 98 valence electrons. The van der Waals surface area contributed by atoms with Gasteiger partial charge in [0.2, 0.25) is 5.91 Å². The minimum atomic E-state index is -1.03. The molecule has 1 aliphatic rings. The summed E-state index contributed by atoms with van der Waals surface area (Å²) in [7, 11) is 0. The predicted octanol–water partition coefficient (Wildman–Crippen LogP) is 2.28. The van der Waals surface area contributed by atoms with E-state index in [1.807, 2.05) is 0 Å². The second-order valence-corrected chi connectivity index (χ2v) is 5.28. The molecule has 4 heteroatoms. The molecule has 0 heterocycles. The van der Waals surface area contributed by atoms with Gasteiger partial charge in [-0.25, -0.2) is 0 Å². The van der Waals surface area contributed by atoms with Crippen molar-refractivity contribution in [1.82, 2.24) is 4.90 Å². The summed E-state index contributed by atoms with van der Waals surface area (Å²) >= 11 is 0. The summed E-state index contributed by atoms with van der Waals surface area (Å²) in [4.78, 5) is 24.3. The first-order valence-corrected chi connectivity index (χ1v) is 6.52. The lowest BCUT2D eigenvalue weighted by Gasteiger charge is -2.29. The van der Waals surface area contributed by atoms with Crippen LogP contribution in [0, 0.1) is 5.92 Å². The van der Waals surface area contributed by atoms with E-state index >= 15 is 0 Å². The highest BCUT2D eigenvalue weighted by molar-refractivity contribution is 5.93. The van der Waals surface area contributed by atoms with Crippen LogP contribution in [0.15, 0.2) is 0 Å². The van der Waals surface area contributed by atoms with Gasteiger partial charge >= 0.3 is 5.97 Å². The van der Waals surface area contributed by atoms with E-state index in [9.17, 15) is 9.59 Å². The van der Waals surface area contributed by atoms with Crippen molar-refractivity contribution in [1.29, 1.82) is 0 Å². The van der Waals surface area contributed by atoms with E-state index in [0.29, 0.717) is 12.5 Å². The number of carboxylic acid groups (broad SMARTS) is 1. The Kier molecular flexibility index (Phi) is 5.45. The van der Waals surface area contributed by atoms with Crippen LogP contribution in [-0.4, -0.2) is 34.5 Å². The van der Waals surface area contributed by atoms with Crippen LogP contribution in [-0.2, 0) is 9.59 Å². The first kappa shape index (κ1) is 14.0. The van der Waals surface area contributed by atoms with E-state index in [1.54, 1.807) is 4.90 Å². The highest BCUT2D eigenvalue weighted by Crippen LogP contribution is 2.24. The van der Waals surface area contributed by atoms with Crippen LogP contribution in [0.3, 0.4) is 0 Å². The molecule has 0 atom stereocenters. The molecule has 1 fully saturated rings. The minimum absolute atomic E-state index is 0.218. The highest BCUT2D eigenvalue weighted by Gasteiger charge is 2.27. The van der Waals surface area contributed by atoms with Crippen molar-refractivity contribution < 1.29 is 14.7 Å². The van der Waals surface area contributed by atoms with Gasteiger partial charge in [0.1, 0.15) is 6.42 Å². The Morgan fingerprint density at radius 1 is 1.29 bits per heavy atom. The molecule has 0 saturated heterocycles. The number of amides is 1. The van der Waals surface area contributed by atoms with Crippen molar-refractivity contribution in [3.63, 3.8) is 0 Å². The monoisotopic (exact) mass is 241 g/mol. The third-order valence-electron chi connectivity index (χ3n) is 3.34. The SMILES string of the molecule is CC(C)CCN(C(=O)CC(=O)O)C1CCCC1. The Bertz CT molecular complexity index is 270. The van der Waals surface area contributed by atoms with Gasteiger partial charge in [-0.2, -0.15) is 0 Å². The van der Waals surface area contributed by atoms with Gasteiger partial charge in [0, 0.05) is 12.6 Å². The van der Waals surface area contributed by atoms with Crippen LogP contribution in [0.5, 0.6) is 0 Å². The van der Waals surface area contributed by atoms with E-state index in [4.69, 9.17) is 5.11 Å². The summed E-state index contributed by atoms with van der Waals surface area (Å²) in [5.41, 5.74) is 0. The maximum Gasteiger partial charge on any atom is 0.312 e. The van der Waals surface area contributed by atoms with Crippen molar-refractivity contribution in [2.24, 2.45) is 5.92 Å². The summed E-state index contributed by atoms with van der Waals surface area (Å²) < 4.78 is 0. The summed E-state index contributed by atoms with van der Waals surface area (Å²) in [6.45, 7) is 4.94. The fraction of sp³-hybridized carbons (Fsp3) is 0.846. The summed E-state index contributed by atoms with van der Waals surface area (Å²) in [5.74, 6) is -0.705. The molecule has 0 aliphatic heterocycles. The van der Waals surface area contributed by atoms with Crippen molar-refractivity contribution >= 4 is 11.9 Å². The number of hydrogen-bond acceptors (Lipinski definition) is 2. The lowest BCUT2D eigenvalue weighted by Crippen LogP contribution is -2.40. The minimum Gasteiger partial charge on any atom is -0.481 e. The molecular weight excluding hydrogens is 218 g/mol. The zero-order valence-electron chi connectivity index (χ0n) is 10.8. The number of rotatable bonds is 6. The van der Waals surface area contributed by atoms with Crippen LogP contribution in [0.25, 0.3) is 0 Å². The van der Waals surface area contributed by atoms with Crippen molar-refractivity contribution in [3.05, 3.63) is 0 Å². The molecule has 1 saturated carbocycles. The van der Waals surface area contributed by atoms with Crippen LogP contribution in [0.1, 0.15) is 52.4 Å². The highest BCUT2D eigenvalue weighted by atomic mass is 16.4. The molecule has 0 bridgehead atoms. The van der Waals surface area contributed by atoms with Crippen molar-refractivity contribution in [3.8, 4) is 0 Å². The summed E-state index contributed by atoms with van der Waals surface area (Å²) in [5, 5.41) is 8.71. The molecule has 0 radical (unpaired) electrons. The molecule has 1 amide bonds. The van der Waals surface area contributed by atoms with Gasteiger partial charge in [-0.3, -0.25) is 9.59 Å². The van der Waals surface area contributed by atoms with Crippen molar-refractivity contribution in [2.75, 3.05) is 6.54 Å². The molecule has 0 aromatic carbocycles. The Hall–Kier alpha value is -1.06. The predicted molar refractivity (Wildman–Crippen MR) is 65.7 cm³/mol. The molecule has 4 nitrogen and oxygen atoms in total. The van der Waals surface area contributed by atoms with E-state index in [-0.39, 0.29) is 18.4 Å². The molecule has 1 N–H and O–H groups in total. The van der Waals surface area contributed by atoms with Gasteiger partial charge in [-0.1, -0.05) is 26.7 Å². The second-order valence-electron chi connectivity index (χ2n) is 5.28. The Morgan fingerprint density at radius 3 is 2.35 bits per heavy atom. The van der Waals surface area contributed by atoms with Gasteiger partial charge < -0.3 is 10.0 Å². The van der Waals surface area contributed by atoms with Crippen molar-refractivity contribution in [2.45, 2.75) is 58.4 Å². The third kappa shape index (κ3) is 4.75. The van der Waals surface area contributed by atoms with Gasteiger partial charge in [-0.05, 0) is 25.2 Å². The zero-order valence-corrected chi connectivity index (χ0v) is 10.8. The number of carboxylic acids is 1. The second kappa shape index (κ2) is 6.62. The number of carbonyl (C=O) groups excluding carboxylic acids is 1. The van der Waals surface area contributed by atoms with Crippen LogP contribution < -0.4 is 0 Å². The maximum atomic E-state index is 11.9. The normalized spacial score (nSPS) is 16.4. The maximum absolute atomic E-state index is 11.9. The van der Waals surface area contributed by atoms with E-state index in [1.165, 1.54) is 0 Å². The molecule has 1 aliphatic carbocycles. The molecule has 0 unspecified atom stereocenters. The van der Waals surface area contributed by atoms with E-state index < -0.39 is 5.97 Å². The molecule has 0 aromatic heterocycles. The molecule has 1 rings (SSSR count).